The van der Waals surface area contributed by atoms with Crippen molar-refractivity contribution in [2.45, 2.75) is 53.4 Å². The average Bonchev–Trinajstić information content (AvgIpc) is 2.49. The van der Waals surface area contributed by atoms with Crippen molar-refractivity contribution in [2.24, 2.45) is 0 Å². The first kappa shape index (κ1) is 30.5. The lowest BCUT2D eigenvalue weighted by Gasteiger charge is -1.90. The molecule has 0 fully saturated rings. The van der Waals surface area contributed by atoms with Crippen LogP contribution in [0.15, 0.2) is 36.5 Å². The highest BCUT2D eigenvalue weighted by atomic mass is 16.4. The molecule has 4 N–H and O–H groups in total. The summed E-state index contributed by atoms with van der Waals surface area (Å²) in [5.74, 6) is -2.81. The van der Waals surface area contributed by atoms with Crippen molar-refractivity contribution in [2.75, 3.05) is 6.61 Å². The van der Waals surface area contributed by atoms with Gasteiger partial charge in [0.25, 0.3) is 0 Å². The third-order valence-corrected chi connectivity index (χ3v) is 2.11. The molecule has 146 valence electrons. The van der Waals surface area contributed by atoms with Crippen LogP contribution in [0.1, 0.15) is 53.4 Å². The van der Waals surface area contributed by atoms with E-state index in [2.05, 4.69) is 26.7 Å². The van der Waals surface area contributed by atoms with Crippen LogP contribution in [0.25, 0.3) is 0 Å². The number of hydrogen-bond donors (Lipinski definition) is 4. The fraction of sp³-hybridized carbons (Fsp3) is 0.500. The summed E-state index contributed by atoms with van der Waals surface area (Å²) in [4.78, 5) is 28.8. The zero-order chi connectivity index (χ0) is 21.0. The topological polar surface area (TPSA) is 132 Å². The van der Waals surface area contributed by atoms with E-state index < -0.39 is 17.9 Å². The molecule has 0 radical (unpaired) electrons. The molecule has 0 aromatic carbocycles. The number of carboxylic acids is 3. The molecule has 7 heteroatoms. The predicted octanol–water partition coefficient (Wildman–Crippen LogP) is 3.50. The van der Waals surface area contributed by atoms with E-state index in [0.29, 0.717) is 6.61 Å². The Morgan fingerprint density at radius 3 is 1.04 bits per heavy atom. The monoisotopic (exact) mass is 360 g/mol. The van der Waals surface area contributed by atoms with Gasteiger partial charge in [-0.2, -0.15) is 0 Å². The first-order chi connectivity index (χ1) is 11.3. The Morgan fingerprint density at radius 1 is 0.680 bits per heavy atom. The van der Waals surface area contributed by atoms with Gasteiger partial charge in [0.15, 0.2) is 0 Å². The maximum Gasteiger partial charge on any atom is 0.330 e. The van der Waals surface area contributed by atoms with E-state index in [-0.39, 0.29) is 16.7 Å². The molecule has 0 rings (SSSR count). The smallest absolute Gasteiger partial charge is 0.330 e. The number of aliphatic hydroxyl groups is 1. The van der Waals surface area contributed by atoms with E-state index in [1.165, 1.54) is 40.0 Å². The van der Waals surface area contributed by atoms with Crippen LogP contribution in [-0.2, 0) is 14.4 Å². The first-order valence-electron chi connectivity index (χ1n) is 7.62. The number of carbonyl (C=O) groups is 3. The minimum atomic E-state index is -0.935. The van der Waals surface area contributed by atoms with Gasteiger partial charge in [0.2, 0.25) is 0 Å². The number of aliphatic hydroxyl groups excluding tert-OH is 1. The van der Waals surface area contributed by atoms with Crippen molar-refractivity contribution in [3.8, 4) is 0 Å². The van der Waals surface area contributed by atoms with Crippen LogP contribution in [0.4, 0.5) is 0 Å². The molecule has 0 unspecified atom stereocenters. The standard InChI is InChI=1S/C6H14O.3C4H6O2/c1-2-3-4-5-6-7;3*1-3(2)4(5)6/h7H,2-6H2,1H3;3*1H2,2H3,(H,5,6). The second-order valence-corrected chi connectivity index (χ2v) is 5.04. The normalized spacial score (nSPS) is 8.04. The van der Waals surface area contributed by atoms with E-state index in [9.17, 15) is 14.4 Å². The fourth-order valence-electron chi connectivity index (χ4n) is 0.539. The molecule has 0 atom stereocenters. The Labute approximate surface area is 150 Å². The van der Waals surface area contributed by atoms with E-state index in [1.54, 1.807) is 0 Å². The molecule has 0 heterocycles. The van der Waals surface area contributed by atoms with Gasteiger partial charge in [-0.3, -0.25) is 0 Å². The van der Waals surface area contributed by atoms with Crippen LogP contribution in [-0.4, -0.2) is 44.9 Å². The summed E-state index contributed by atoms with van der Waals surface area (Å²) >= 11 is 0. The lowest BCUT2D eigenvalue weighted by molar-refractivity contribution is -0.133. The molecule has 0 aliphatic carbocycles. The van der Waals surface area contributed by atoms with Gasteiger partial charge in [0.1, 0.15) is 0 Å². The SMILES string of the molecule is C=C(C)C(=O)O.C=C(C)C(=O)O.C=C(C)C(=O)O.CCCCCCO. The summed E-state index contributed by atoms with van der Waals surface area (Å²) in [5, 5.41) is 32.0. The number of carboxylic acid groups (broad SMARTS) is 3. The molecule has 0 bridgehead atoms. The molecular formula is C18H32O7. The summed E-state index contributed by atoms with van der Waals surface area (Å²) in [7, 11) is 0. The summed E-state index contributed by atoms with van der Waals surface area (Å²) in [6.45, 7) is 16.3. The van der Waals surface area contributed by atoms with Gasteiger partial charge in [-0.15, -0.1) is 0 Å². The molecular weight excluding hydrogens is 328 g/mol. The zero-order valence-corrected chi connectivity index (χ0v) is 15.7. The first-order valence-corrected chi connectivity index (χ1v) is 7.62. The second kappa shape index (κ2) is 21.6. The molecule has 0 aromatic rings. The van der Waals surface area contributed by atoms with Crippen molar-refractivity contribution in [1.29, 1.82) is 0 Å². The minimum Gasteiger partial charge on any atom is -0.478 e. The maximum absolute atomic E-state index is 9.60. The van der Waals surface area contributed by atoms with E-state index >= 15 is 0 Å². The van der Waals surface area contributed by atoms with Gasteiger partial charge in [0, 0.05) is 23.3 Å². The fourth-order valence-corrected chi connectivity index (χ4v) is 0.539. The predicted molar refractivity (Wildman–Crippen MR) is 98.6 cm³/mol. The molecule has 0 aromatic heterocycles. The van der Waals surface area contributed by atoms with Gasteiger partial charge < -0.3 is 20.4 Å². The zero-order valence-electron chi connectivity index (χ0n) is 15.7. The van der Waals surface area contributed by atoms with Gasteiger partial charge in [-0.05, 0) is 27.2 Å². The number of unbranched alkanes of at least 4 members (excludes halogenated alkanes) is 3. The van der Waals surface area contributed by atoms with E-state index in [1.807, 2.05) is 0 Å². The van der Waals surface area contributed by atoms with Crippen LogP contribution >= 0.6 is 0 Å². The minimum absolute atomic E-state index is 0.176. The molecule has 25 heavy (non-hydrogen) atoms. The van der Waals surface area contributed by atoms with Gasteiger partial charge in [-0.1, -0.05) is 45.9 Å². The highest BCUT2D eigenvalue weighted by Gasteiger charge is 1.91. The van der Waals surface area contributed by atoms with Crippen molar-refractivity contribution in [3.63, 3.8) is 0 Å². The molecule has 7 nitrogen and oxygen atoms in total. The Kier molecular flexibility index (Phi) is 26.3. The lowest BCUT2D eigenvalue weighted by Crippen LogP contribution is -1.92. The number of aliphatic carboxylic acids is 3. The molecule has 0 saturated carbocycles. The summed E-state index contributed by atoms with van der Waals surface area (Å²) in [6, 6.07) is 0. The van der Waals surface area contributed by atoms with E-state index in [0.717, 1.165) is 6.42 Å². The molecule has 0 saturated heterocycles. The summed E-state index contributed by atoms with van der Waals surface area (Å²) < 4.78 is 0. The molecule has 0 aliphatic rings. The summed E-state index contributed by atoms with van der Waals surface area (Å²) in [6.07, 6.45) is 4.68. The maximum atomic E-state index is 9.60. The Bertz CT molecular complexity index is 340. The molecule has 0 spiro atoms. The van der Waals surface area contributed by atoms with E-state index in [4.69, 9.17) is 20.4 Å². The number of hydrogen-bond acceptors (Lipinski definition) is 4. The quantitative estimate of drug-likeness (QED) is 0.403. The van der Waals surface area contributed by atoms with Crippen molar-refractivity contribution in [1.82, 2.24) is 0 Å². The highest BCUT2D eigenvalue weighted by molar-refractivity contribution is 5.85. The van der Waals surface area contributed by atoms with Crippen LogP contribution in [0.3, 0.4) is 0 Å². The van der Waals surface area contributed by atoms with Crippen molar-refractivity contribution >= 4 is 17.9 Å². The second-order valence-electron chi connectivity index (χ2n) is 5.04. The van der Waals surface area contributed by atoms with Gasteiger partial charge in [0.05, 0.1) is 0 Å². The Morgan fingerprint density at radius 2 is 0.920 bits per heavy atom. The van der Waals surface area contributed by atoms with Crippen molar-refractivity contribution < 1.29 is 34.8 Å². The van der Waals surface area contributed by atoms with Gasteiger partial charge >= 0.3 is 17.9 Å². The summed E-state index contributed by atoms with van der Waals surface area (Å²) in [5.41, 5.74) is 0.528. The highest BCUT2D eigenvalue weighted by Crippen LogP contribution is 1.96. The average molecular weight is 360 g/mol. The van der Waals surface area contributed by atoms with Crippen molar-refractivity contribution in [3.05, 3.63) is 36.5 Å². The number of rotatable bonds is 7. The van der Waals surface area contributed by atoms with Crippen LogP contribution in [0.2, 0.25) is 0 Å². The lowest BCUT2D eigenvalue weighted by atomic mass is 10.2. The van der Waals surface area contributed by atoms with Crippen LogP contribution in [0, 0.1) is 0 Å². The van der Waals surface area contributed by atoms with Crippen LogP contribution < -0.4 is 0 Å². The van der Waals surface area contributed by atoms with Gasteiger partial charge in [-0.25, -0.2) is 14.4 Å². The Hall–Kier alpha value is -2.41. The largest absolute Gasteiger partial charge is 0.478 e. The molecule has 0 aliphatic heterocycles. The third-order valence-electron chi connectivity index (χ3n) is 2.11. The molecule has 0 amide bonds. The van der Waals surface area contributed by atoms with Crippen LogP contribution in [0.5, 0.6) is 0 Å². The Balaban J connectivity index is -0.000000118. The third kappa shape index (κ3) is 44.9.